The maximum absolute atomic E-state index is 12.9. The maximum atomic E-state index is 12.9. The van der Waals surface area contributed by atoms with Crippen LogP contribution in [0.4, 0.5) is 5.69 Å². The summed E-state index contributed by atoms with van der Waals surface area (Å²) in [5.74, 6) is 0.496. The van der Waals surface area contributed by atoms with Gasteiger partial charge in [0.15, 0.2) is 0 Å². The first-order valence-electron chi connectivity index (χ1n) is 8.83. The summed E-state index contributed by atoms with van der Waals surface area (Å²) in [5, 5.41) is 2.78. The largest absolute Gasteiger partial charge is 0.322 e. The third-order valence-corrected chi connectivity index (χ3v) is 6.47. The van der Waals surface area contributed by atoms with E-state index in [9.17, 15) is 13.2 Å². The van der Waals surface area contributed by atoms with E-state index in [4.69, 9.17) is 0 Å². The molecule has 1 N–H and O–H groups in total. The molecular formula is C20H24N2O3S. The summed E-state index contributed by atoms with van der Waals surface area (Å²) in [5.41, 5.74) is 1.12. The zero-order valence-electron chi connectivity index (χ0n) is 15.1. The lowest BCUT2D eigenvalue weighted by atomic mass is 9.94. The minimum absolute atomic E-state index is 0.222. The van der Waals surface area contributed by atoms with Gasteiger partial charge in [0.25, 0.3) is 5.91 Å². The minimum Gasteiger partial charge on any atom is -0.322 e. The van der Waals surface area contributed by atoms with Gasteiger partial charge in [-0.2, -0.15) is 4.31 Å². The van der Waals surface area contributed by atoms with Crippen molar-refractivity contribution in [2.75, 3.05) is 18.4 Å². The fourth-order valence-corrected chi connectivity index (χ4v) is 5.13. The highest BCUT2D eigenvalue weighted by Crippen LogP contribution is 2.27. The van der Waals surface area contributed by atoms with Crippen molar-refractivity contribution in [3.05, 3.63) is 60.2 Å². The first-order chi connectivity index (χ1) is 12.4. The molecule has 2 atom stereocenters. The van der Waals surface area contributed by atoms with Crippen molar-refractivity contribution in [2.45, 2.75) is 25.2 Å². The van der Waals surface area contributed by atoms with Crippen LogP contribution in [0.5, 0.6) is 0 Å². The lowest BCUT2D eigenvalue weighted by Gasteiger charge is -2.34. The number of rotatable bonds is 4. The summed E-state index contributed by atoms with van der Waals surface area (Å²) < 4.78 is 27.3. The molecular weight excluding hydrogens is 348 g/mol. The molecule has 1 saturated heterocycles. The molecule has 1 aliphatic rings. The number of hydrogen-bond acceptors (Lipinski definition) is 3. The van der Waals surface area contributed by atoms with Crippen LogP contribution in [0.3, 0.4) is 0 Å². The third-order valence-electron chi connectivity index (χ3n) is 4.62. The number of hydrogen-bond donors (Lipinski definition) is 1. The molecule has 0 saturated carbocycles. The maximum Gasteiger partial charge on any atom is 0.255 e. The smallest absolute Gasteiger partial charge is 0.255 e. The fraction of sp³-hybridized carbons (Fsp3) is 0.350. The van der Waals surface area contributed by atoms with E-state index in [1.54, 1.807) is 52.8 Å². The van der Waals surface area contributed by atoms with Gasteiger partial charge in [0, 0.05) is 24.3 Å². The molecule has 1 fully saturated rings. The molecule has 3 rings (SSSR count). The highest BCUT2D eigenvalue weighted by molar-refractivity contribution is 7.89. The van der Waals surface area contributed by atoms with Crippen molar-refractivity contribution in [1.29, 1.82) is 0 Å². The predicted octanol–water partition coefficient (Wildman–Crippen LogP) is 3.61. The van der Waals surface area contributed by atoms with Crippen molar-refractivity contribution in [3.63, 3.8) is 0 Å². The molecule has 1 aliphatic heterocycles. The SMILES string of the molecule is C[C@H]1C[C@H](C)CN(S(=O)(=O)c2ccc(NC(=O)c3ccccc3)cc2)C1. The average molecular weight is 372 g/mol. The average Bonchev–Trinajstić information content (AvgIpc) is 2.62. The van der Waals surface area contributed by atoms with Gasteiger partial charge >= 0.3 is 0 Å². The quantitative estimate of drug-likeness (QED) is 0.892. The standard InChI is InChI=1S/C20H24N2O3S/c1-15-12-16(2)14-22(13-15)26(24,25)19-10-8-18(9-11-19)21-20(23)17-6-4-3-5-7-17/h3-11,15-16H,12-14H2,1-2H3,(H,21,23)/t15-,16-/m0/s1. The first-order valence-corrected chi connectivity index (χ1v) is 10.3. The van der Waals surface area contributed by atoms with Gasteiger partial charge in [0.1, 0.15) is 0 Å². The minimum atomic E-state index is -3.50. The van der Waals surface area contributed by atoms with E-state index in [1.165, 1.54) is 0 Å². The molecule has 5 nitrogen and oxygen atoms in total. The summed E-state index contributed by atoms with van der Waals surface area (Å²) in [6.07, 6.45) is 1.05. The Morgan fingerprint density at radius 2 is 1.54 bits per heavy atom. The number of anilines is 1. The zero-order valence-corrected chi connectivity index (χ0v) is 15.9. The molecule has 0 spiro atoms. The van der Waals surface area contributed by atoms with E-state index in [1.807, 2.05) is 6.07 Å². The van der Waals surface area contributed by atoms with Gasteiger partial charge in [-0.1, -0.05) is 32.0 Å². The number of carbonyl (C=O) groups is 1. The Hall–Kier alpha value is -2.18. The lowest BCUT2D eigenvalue weighted by Crippen LogP contribution is -2.42. The van der Waals surface area contributed by atoms with Crippen LogP contribution in [0.15, 0.2) is 59.5 Å². The first kappa shape index (κ1) is 18.6. The summed E-state index contributed by atoms with van der Waals surface area (Å²) in [6.45, 7) is 5.28. The normalized spacial score (nSPS) is 21.3. The van der Waals surface area contributed by atoms with E-state index in [0.717, 1.165) is 6.42 Å². The molecule has 2 aromatic carbocycles. The molecule has 138 valence electrons. The highest BCUT2D eigenvalue weighted by atomic mass is 32.2. The van der Waals surface area contributed by atoms with Gasteiger partial charge in [-0.25, -0.2) is 8.42 Å². The number of carbonyl (C=O) groups excluding carboxylic acids is 1. The van der Waals surface area contributed by atoms with Crippen LogP contribution < -0.4 is 5.32 Å². The molecule has 0 bridgehead atoms. The van der Waals surface area contributed by atoms with E-state index >= 15 is 0 Å². The Labute approximate surface area is 155 Å². The third kappa shape index (κ3) is 4.14. The molecule has 0 aliphatic carbocycles. The van der Waals surface area contributed by atoms with Crippen LogP contribution in [0.1, 0.15) is 30.6 Å². The lowest BCUT2D eigenvalue weighted by molar-refractivity contribution is 0.102. The van der Waals surface area contributed by atoms with E-state index in [-0.39, 0.29) is 10.8 Å². The van der Waals surface area contributed by atoms with Crippen LogP contribution in [-0.4, -0.2) is 31.7 Å². The Bertz CT molecular complexity index is 854. The second-order valence-electron chi connectivity index (χ2n) is 7.11. The number of sulfonamides is 1. The molecule has 0 radical (unpaired) electrons. The second kappa shape index (κ2) is 7.60. The predicted molar refractivity (Wildman–Crippen MR) is 103 cm³/mol. The Kier molecular flexibility index (Phi) is 5.44. The van der Waals surface area contributed by atoms with Crippen LogP contribution in [0.2, 0.25) is 0 Å². The second-order valence-corrected chi connectivity index (χ2v) is 9.05. The molecule has 1 heterocycles. The zero-order chi connectivity index (χ0) is 18.7. The number of benzene rings is 2. The summed E-state index contributed by atoms with van der Waals surface area (Å²) in [4.78, 5) is 12.4. The molecule has 0 aromatic heterocycles. The van der Waals surface area contributed by atoms with E-state index in [2.05, 4.69) is 19.2 Å². The van der Waals surface area contributed by atoms with Gasteiger partial charge < -0.3 is 5.32 Å². The Balaban J connectivity index is 1.73. The van der Waals surface area contributed by atoms with Gasteiger partial charge in [-0.05, 0) is 54.7 Å². The molecule has 6 heteroatoms. The van der Waals surface area contributed by atoms with Gasteiger partial charge in [0.05, 0.1) is 4.90 Å². The molecule has 1 amide bonds. The molecule has 2 aromatic rings. The Morgan fingerprint density at radius 3 is 2.12 bits per heavy atom. The van der Waals surface area contributed by atoms with Crippen LogP contribution in [0, 0.1) is 11.8 Å². The van der Waals surface area contributed by atoms with Crippen molar-refractivity contribution in [1.82, 2.24) is 4.31 Å². The van der Waals surface area contributed by atoms with Crippen LogP contribution in [-0.2, 0) is 10.0 Å². The van der Waals surface area contributed by atoms with Gasteiger partial charge in [0.2, 0.25) is 10.0 Å². The monoisotopic (exact) mass is 372 g/mol. The number of nitrogens with zero attached hydrogens (tertiary/aromatic N) is 1. The van der Waals surface area contributed by atoms with E-state index in [0.29, 0.717) is 36.2 Å². The van der Waals surface area contributed by atoms with Crippen LogP contribution in [0.25, 0.3) is 0 Å². The number of amides is 1. The summed E-state index contributed by atoms with van der Waals surface area (Å²) >= 11 is 0. The topological polar surface area (TPSA) is 66.5 Å². The van der Waals surface area contributed by atoms with Crippen molar-refractivity contribution in [2.24, 2.45) is 11.8 Å². The fourth-order valence-electron chi connectivity index (χ4n) is 3.45. The van der Waals surface area contributed by atoms with Crippen molar-refractivity contribution < 1.29 is 13.2 Å². The summed E-state index contributed by atoms with van der Waals surface area (Å²) in [7, 11) is -3.50. The van der Waals surface area contributed by atoms with E-state index < -0.39 is 10.0 Å². The molecule has 0 unspecified atom stereocenters. The summed E-state index contributed by atoms with van der Waals surface area (Å²) in [6, 6.07) is 15.3. The van der Waals surface area contributed by atoms with Gasteiger partial charge in [-0.15, -0.1) is 0 Å². The van der Waals surface area contributed by atoms with Crippen molar-refractivity contribution in [3.8, 4) is 0 Å². The number of piperidine rings is 1. The van der Waals surface area contributed by atoms with Crippen LogP contribution >= 0.6 is 0 Å². The molecule has 26 heavy (non-hydrogen) atoms. The van der Waals surface area contributed by atoms with Gasteiger partial charge in [-0.3, -0.25) is 4.79 Å². The number of nitrogens with one attached hydrogen (secondary N) is 1. The Morgan fingerprint density at radius 1 is 0.962 bits per heavy atom. The highest BCUT2D eigenvalue weighted by Gasteiger charge is 2.31. The van der Waals surface area contributed by atoms with Crippen molar-refractivity contribution >= 4 is 21.6 Å².